The van der Waals surface area contributed by atoms with Gasteiger partial charge in [0.15, 0.2) is 4.34 Å². The van der Waals surface area contributed by atoms with E-state index in [0.29, 0.717) is 5.13 Å². The monoisotopic (exact) mass is 362 g/mol. The van der Waals surface area contributed by atoms with Crippen molar-refractivity contribution in [3.63, 3.8) is 0 Å². The molecule has 23 heavy (non-hydrogen) atoms. The number of hydrogen-bond donors (Lipinski definition) is 1. The van der Waals surface area contributed by atoms with Crippen LogP contribution in [0.15, 0.2) is 40.1 Å². The fourth-order valence-corrected chi connectivity index (χ4v) is 4.19. The molecule has 0 saturated heterocycles. The Balaban J connectivity index is 1.51. The molecular formula is C15H14N4OS3. The van der Waals surface area contributed by atoms with E-state index in [0.717, 1.165) is 20.8 Å². The molecule has 8 heteroatoms. The number of carbonyl (C=O) groups excluding carboxylic acids is 1. The van der Waals surface area contributed by atoms with E-state index in [2.05, 4.69) is 32.6 Å². The zero-order valence-electron chi connectivity index (χ0n) is 12.4. The van der Waals surface area contributed by atoms with E-state index >= 15 is 0 Å². The van der Waals surface area contributed by atoms with Crippen LogP contribution in [0.25, 0.3) is 0 Å². The van der Waals surface area contributed by atoms with Crippen LogP contribution in [0.2, 0.25) is 0 Å². The molecule has 0 spiro atoms. The van der Waals surface area contributed by atoms with Crippen LogP contribution < -0.4 is 5.32 Å². The van der Waals surface area contributed by atoms with Crippen LogP contribution in [-0.2, 0) is 17.0 Å². The molecule has 3 aromatic rings. The van der Waals surface area contributed by atoms with Gasteiger partial charge < -0.3 is 5.32 Å². The molecular weight excluding hydrogens is 348 g/mol. The molecule has 3 rings (SSSR count). The normalized spacial score (nSPS) is 10.7. The maximum atomic E-state index is 12.0. The number of nitrogens with one attached hydrogen (secondary N) is 1. The number of nitrogens with zero attached hydrogens (tertiary/aromatic N) is 3. The summed E-state index contributed by atoms with van der Waals surface area (Å²) in [5.74, 6) is 0.715. The molecule has 0 bridgehead atoms. The first kappa shape index (κ1) is 16.1. The predicted octanol–water partition coefficient (Wildman–Crippen LogP) is 3.78. The Hall–Kier alpha value is -1.77. The summed E-state index contributed by atoms with van der Waals surface area (Å²) in [4.78, 5) is 16.2. The number of benzene rings is 1. The highest BCUT2D eigenvalue weighted by molar-refractivity contribution is 8.00. The lowest BCUT2D eigenvalue weighted by molar-refractivity contribution is -0.115. The molecule has 0 radical (unpaired) electrons. The van der Waals surface area contributed by atoms with Crippen molar-refractivity contribution in [1.82, 2.24) is 15.2 Å². The summed E-state index contributed by atoms with van der Waals surface area (Å²) < 4.78 is 0.841. The van der Waals surface area contributed by atoms with Crippen molar-refractivity contribution < 1.29 is 4.79 Å². The average Bonchev–Trinajstić information content (AvgIpc) is 3.15. The number of anilines is 1. The van der Waals surface area contributed by atoms with E-state index in [1.165, 1.54) is 16.9 Å². The van der Waals surface area contributed by atoms with Gasteiger partial charge in [0.25, 0.3) is 0 Å². The smallest absolute Gasteiger partial charge is 0.232 e. The lowest BCUT2D eigenvalue weighted by Crippen LogP contribution is -2.14. The number of aromatic nitrogens is 3. The molecule has 0 atom stereocenters. The van der Waals surface area contributed by atoms with Crippen molar-refractivity contribution in [2.24, 2.45) is 0 Å². The minimum absolute atomic E-state index is 0.119. The van der Waals surface area contributed by atoms with Gasteiger partial charge in [0, 0.05) is 11.1 Å². The molecule has 2 heterocycles. The zero-order chi connectivity index (χ0) is 16.1. The quantitative estimate of drug-likeness (QED) is 0.534. The zero-order valence-corrected chi connectivity index (χ0v) is 14.8. The van der Waals surface area contributed by atoms with Crippen molar-refractivity contribution >= 4 is 45.5 Å². The van der Waals surface area contributed by atoms with Crippen LogP contribution in [0.3, 0.4) is 0 Å². The summed E-state index contributed by atoms with van der Waals surface area (Å²) in [5.41, 5.74) is 2.02. The summed E-state index contributed by atoms with van der Waals surface area (Å²) in [6, 6.07) is 10.2. The number of aryl methyl sites for hydroxylation is 1. The van der Waals surface area contributed by atoms with E-state index < -0.39 is 0 Å². The third-order valence-corrected chi connectivity index (χ3v) is 5.73. The maximum Gasteiger partial charge on any atom is 0.232 e. The number of carbonyl (C=O) groups is 1. The molecule has 0 unspecified atom stereocenters. The molecule has 0 aliphatic carbocycles. The Morgan fingerprint density at radius 1 is 1.26 bits per heavy atom. The predicted molar refractivity (Wildman–Crippen MR) is 95.1 cm³/mol. The van der Waals surface area contributed by atoms with Gasteiger partial charge in [-0.2, -0.15) is 0 Å². The minimum atomic E-state index is -0.119. The number of thioether (sulfide) groups is 1. The summed E-state index contributed by atoms with van der Waals surface area (Å²) in [5, 5.41) is 14.3. The fourth-order valence-electron chi connectivity index (χ4n) is 1.86. The lowest BCUT2D eigenvalue weighted by Gasteiger charge is -1.98. The van der Waals surface area contributed by atoms with Gasteiger partial charge in [-0.3, -0.25) is 4.79 Å². The van der Waals surface area contributed by atoms with Crippen molar-refractivity contribution in [3.8, 4) is 0 Å². The number of thiazole rings is 1. The largest absolute Gasteiger partial charge is 0.300 e. The Kier molecular flexibility index (Phi) is 5.37. The van der Waals surface area contributed by atoms with Crippen molar-refractivity contribution in [1.29, 1.82) is 0 Å². The average molecular weight is 363 g/mol. The molecule has 1 aromatic carbocycles. The van der Waals surface area contributed by atoms with Crippen LogP contribution in [-0.4, -0.2) is 21.1 Å². The second kappa shape index (κ2) is 7.67. The highest BCUT2D eigenvalue weighted by Crippen LogP contribution is 2.28. The number of amides is 1. The maximum absolute atomic E-state index is 12.0. The van der Waals surface area contributed by atoms with E-state index in [-0.39, 0.29) is 12.3 Å². The van der Waals surface area contributed by atoms with Gasteiger partial charge in [0.05, 0.1) is 17.1 Å². The second-order valence-electron chi connectivity index (χ2n) is 4.73. The molecule has 118 valence electrons. The van der Waals surface area contributed by atoms with Crippen molar-refractivity contribution in [2.75, 3.05) is 5.32 Å². The van der Waals surface area contributed by atoms with E-state index in [1.54, 1.807) is 23.1 Å². The standard InChI is InChI=1S/C15H14N4OS3/c1-10-16-12(9-21-10)7-13(20)17-14-18-19-15(23-14)22-8-11-5-3-2-4-6-11/h2-6,9H,7-8H2,1H3,(H,17,18,20). The molecule has 0 fully saturated rings. The Morgan fingerprint density at radius 3 is 2.83 bits per heavy atom. The highest BCUT2D eigenvalue weighted by atomic mass is 32.2. The van der Waals surface area contributed by atoms with Gasteiger partial charge in [0.2, 0.25) is 11.0 Å². The van der Waals surface area contributed by atoms with Crippen molar-refractivity contribution in [2.45, 2.75) is 23.4 Å². The fraction of sp³-hybridized carbons (Fsp3) is 0.200. The summed E-state index contributed by atoms with van der Waals surface area (Å²) in [6.07, 6.45) is 0.260. The Morgan fingerprint density at radius 2 is 2.09 bits per heavy atom. The minimum Gasteiger partial charge on any atom is -0.300 e. The van der Waals surface area contributed by atoms with Crippen LogP contribution >= 0.6 is 34.4 Å². The molecule has 1 N–H and O–H groups in total. The molecule has 2 aromatic heterocycles. The first-order valence-corrected chi connectivity index (χ1v) is 9.58. The highest BCUT2D eigenvalue weighted by Gasteiger charge is 2.11. The molecule has 5 nitrogen and oxygen atoms in total. The number of hydrogen-bond acceptors (Lipinski definition) is 7. The van der Waals surface area contributed by atoms with Gasteiger partial charge >= 0.3 is 0 Å². The molecule has 0 aliphatic heterocycles. The first-order valence-electron chi connectivity index (χ1n) is 6.90. The first-order chi connectivity index (χ1) is 11.2. The summed E-state index contributed by atoms with van der Waals surface area (Å²) >= 11 is 4.54. The lowest BCUT2D eigenvalue weighted by atomic mass is 10.2. The topological polar surface area (TPSA) is 67.8 Å². The van der Waals surface area contributed by atoms with E-state index in [4.69, 9.17) is 0 Å². The summed E-state index contributed by atoms with van der Waals surface area (Å²) in [6.45, 7) is 1.92. The van der Waals surface area contributed by atoms with E-state index in [9.17, 15) is 4.79 Å². The second-order valence-corrected chi connectivity index (χ2v) is 7.99. The van der Waals surface area contributed by atoms with Crippen LogP contribution in [0.1, 0.15) is 16.3 Å². The van der Waals surface area contributed by atoms with Crippen LogP contribution in [0.5, 0.6) is 0 Å². The van der Waals surface area contributed by atoms with Gasteiger partial charge in [0.1, 0.15) is 0 Å². The van der Waals surface area contributed by atoms with Gasteiger partial charge in [-0.15, -0.1) is 21.5 Å². The van der Waals surface area contributed by atoms with Crippen LogP contribution in [0, 0.1) is 6.92 Å². The molecule has 1 amide bonds. The Labute approximate surface area is 146 Å². The SMILES string of the molecule is Cc1nc(CC(=O)Nc2nnc(SCc3ccccc3)s2)cs1. The molecule has 0 aliphatic rings. The third kappa shape index (κ3) is 4.85. The number of rotatable bonds is 6. The van der Waals surface area contributed by atoms with Gasteiger partial charge in [-0.1, -0.05) is 53.4 Å². The Bertz CT molecular complexity index is 785. The summed E-state index contributed by atoms with van der Waals surface area (Å²) in [7, 11) is 0. The van der Waals surface area contributed by atoms with Gasteiger partial charge in [-0.05, 0) is 12.5 Å². The van der Waals surface area contributed by atoms with E-state index in [1.807, 2.05) is 30.5 Å². The third-order valence-electron chi connectivity index (χ3n) is 2.87. The molecule has 0 saturated carbocycles. The van der Waals surface area contributed by atoms with Crippen LogP contribution in [0.4, 0.5) is 5.13 Å². The van der Waals surface area contributed by atoms with Gasteiger partial charge in [-0.25, -0.2) is 4.98 Å². The van der Waals surface area contributed by atoms with Crippen molar-refractivity contribution in [3.05, 3.63) is 52.0 Å².